The Kier molecular flexibility index (Phi) is 4.71. The van der Waals surface area contributed by atoms with Crippen LogP contribution in [0.1, 0.15) is 28.0 Å². The van der Waals surface area contributed by atoms with Gasteiger partial charge in [0.15, 0.2) is 0 Å². The van der Waals surface area contributed by atoms with Crippen LogP contribution < -0.4 is 0 Å². The third-order valence-corrected chi connectivity index (χ3v) is 6.76. The molecule has 2 aromatic carbocycles. The van der Waals surface area contributed by atoms with E-state index in [9.17, 15) is 4.79 Å². The van der Waals surface area contributed by atoms with Gasteiger partial charge in [-0.3, -0.25) is 9.69 Å². The zero-order chi connectivity index (χ0) is 18.9. The summed E-state index contributed by atoms with van der Waals surface area (Å²) < 4.78 is 0. The van der Waals surface area contributed by atoms with Crippen LogP contribution in [0.25, 0.3) is 10.6 Å². The molecule has 0 aliphatic carbocycles. The first-order valence-corrected chi connectivity index (χ1v) is 10.8. The number of rotatable bonds is 3. The van der Waals surface area contributed by atoms with Crippen LogP contribution in [0.3, 0.4) is 0 Å². The van der Waals surface area contributed by atoms with E-state index in [1.165, 1.54) is 11.1 Å². The van der Waals surface area contributed by atoms with E-state index in [0.717, 1.165) is 49.6 Å². The van der Waals surface area contributed by atoms with Gasteiger partial charge in [0.25, 0.3) is 5.91 Å². The molecule has 1 unspecified atom stereocenters. The van der Waals surface area contributed by atoms with Gasteiger partial charge in [-0.1, -0.05) is 54.6 Å². The van der Waals surface area contributed by atoms with Crippen LogP contribution in [0.2, 0.25) is 0 Å². The molecule has 4 nitrogen and oxygen atoms in total. The normalized spacial score (nSPS) is 19.6. The topological polar surface area (TPSA) is 36.4 Å². The largest absolute Gasteiger partial charge is 0.336 e. The van der Waals surface area contributed by atoms with Crippen molar-refractivity contribution in [3.63, 3.8) is 0 Å². The van der Waals surface area contributed by atoms with Crippen molar-refractivity contribution in [1.29, 1.82) is 0 Å². The fraction of sp³-hybridized carbons (Fsp3) is 0.304. The summed E-state index contributed by atoms with van der Waals surface area (Å²) in [6.07, 6.45) is 2.15. The average Bonchev–Trinajstić information content (AvgIpc) is 3.44. The van der Waals surface area contributed by atoms with Crippen molar-refractivity contribution in [3.8, 4) is 10.6 Å². The van der Waals surface area contributed by atoms with Crippen molar-refractivity contribution in [1.82, 2.24) is 14.8 Å². The number of benzene rings is 2. The molecule has 1 fully saturated rings. The van der Waals surface area contributed by atoms with Gasteiger partial charge < -0.3 is 4.90 Å². The lowest BCUT2D eigenvalue weighted by Crippen LogP contribution is -2.41. The van der Waals surface area contributed by atoms with Gasteiger partial charge in [0.2, 0.25) is 0 Å². The van der Waals surface area contributed by atoms with Gasteiger partial charge in [0.1, 0.15) is 10.7 Å². The first-order chi connectivity index (χ1) is 13.8. The number of carbonyl (C=O) groups excluding carboxylic acids is 1. The van der Waals surface area contributed by atoms with Gasteiger partial charge in [-0.2, -0.15) is 0 Å². The van der Waals surface area contributed by atoms with Crippen LogP contribution in [-0.4, -0.2) is 46.4 Å². The molecule has 1 amide bonds. The lowest BCUT2D eigenvalue weighted by molar-refractivity contribution is 0.0768. The Bertz CT molecular complexity index is 984. The summed E-state index contributed by atoms with van der Waals surface area (Å²) in [6, 6.07) is 19.2. The standard InChI is InChI=1S/C23H23N3OS/c27-23(21-16-28-22(24-21)18-7-2-1-3-8-18)26-13-11-20(15-26)25-12-10-17-6-4-5-9-19(17)14-25/h1-9,16,20H,10-15H2. The highest BCUT2D eigenvalue weighted by Crippen LogP contribution is 2.27. The van der Waals surface area contributed by atoms with Gasteiger partial charge in [0.05, 0.1) is 0 Å². The Morgan fingerprint density at radius 3 is 2.64 bits per heavy atom. The monoisotopic (exact) mass is 389 g/mol. The summed E-state index contributed by atoms with van der Waals surface area (Å²) in [7, 11) is 0. The van der Waals surface area contributed by atoms with Crippen LogP contribution in [-0.2, 0) is 13.0 Å². The van der Waals surface area contributed by atoms with Crippen LogP contribution in [0, 0.1) is 0 Å². The minimum atomic E-state index is 0.0679. The number of thiazole rings is 1. The highest BCUT2D eigenvalue weighted by atomic mass is 32.1. The van der Waals surface area contributed by atoms with E-state index in [2.05, 4.69) is 34.1 Å². The van der Waals surface area contributed by atoms with Crippen molar-refractivity contribution in [2.75, 3.05) is 19.6 Å². The van der Waals surface area contributed by atoms with Crippen molar-refractivity contribution >= 4 is 17.2 Å². The fourth-order valence-corrected chi connectivity index (χ4v) is 5.10. The summed E-state index contributed by atoms with van der Waals surface area (Å²) in [5, 5.41) is 2.81. The Balaban J connectivity index is 1.25. The molecule has 5 rings (SSSR count). The number of fused-ring (bicyclic) bond motifs is 1. The molecule has 1 saturated heterocycles. The Morgan fingerprint density at radius 2 is 1.79 bits per heavy atom. The maximum Gasteiger partial charge on any atom is 0.273 e. The van der Waals surface area contributed by atoms with Crippen molar-refractivity contribution in [3.05, 3.63) is 76.8 Å². The number of aromatic nitrogens is 1. The predicted molar refractivity (Wildman–Crippen MR) is 112 cm³/mol. The second-order valence-corrected chi connectivity index (χ2v) is 8.44. The fourth-order valence-electron chi connectivity index (χ4n) is 4.30. The molecule has 0 N–H and O–H groups in total. The zero-order valence-electron chi connectivity index (χ0n) is 15.8. The number of amides is 1. The summed E-state index contributed by atoms with van der Waals surface area (Å²) >= 11 is 1.54. The highest BCUT2D eigenvalue weighted by Gasteiger charge is 2.33. The van der Waals surface area contributed by atoms with Gasteiger partial charge in [-0.25, -0.2) is 4.98 Å². The Hall–Kier alpha value is -2.50. The smallest absolute Gasteiger partial charge is 0.273 e. The lowest BCUT2D eigenvalue weighted by Gasteiger charge is -2.33. The quantitative estimate of drug-likeness (QED) is 0.677. The molecular weight excluding hydrogens is 366 g/mol. The average molecular weight is 390 g/mol. The first-order valence-electron chi connectivity index (χ1n) is 9.89. The Labute approximate surface area is 169 Å². The second kappa shape index (κ2) is 7.49. The van der Waals surface area contributed by atoms with E-state index in [4.69, 9.17) is 0 Å². The van der Waals surface area contributed by atoms with Crippen LogP contribution in [0.15, 0.2) is 60.0 Å². The third kappa shape index (κ3) is 3.36. The van der Waals surface area contributed by atoms with Crippen LogP contribution in [0.5, 0.6) is 0 Å². The van der Waals surface area contributed by atoms with Gasteiger partial charge in [-0.15, -0.1) is 11.3 Å². The van der Waals surface area contributed by atoms with E-state index in [-0.39, 0.29) is 5.91 Å². The molecule has 0 spiro atoms. The highest BCUT2D eigenvalue weighted by molar-refractivity contribution is 7.13. The predicted octanol–water partition coefficient (Wildman–Crippen LogP) is 4.08. The van der Waals surface area contributed by atoms with Crippen LogP contribution >= 0.6 is 11.3 Å². The number of hydrogen-bond donors (Lipinski definition) is 0. The molecule has 28 heavy (non-hydrogen) atoms. The van der Waals surface area contributed by atoms with Gasteiger partial charge in [0, 0.05) is 43.2 Å². The van der Waals surface area contributed by atoms with Gasteiger partial charge in [-0.05, 0) is 24.0 Å². The minimum Gasteiger partial charge on any atom is -0.336 e. The number of hydrogen-bond acceptors (Lipinski definition) is 4. The van der Waals surface area contributed by atoms with E-state index < -0.39 is 0 Å². The van der Waals surface area contributed by atoms with Crippen LogP contribution in [0.4, 0.5) is 0 Å². The number of likely N-dealkylation sites (tertiary alicyclic amines) is 1. The van der Waals surface area contributed by atoms with Crippen molar-refractivity contribution in [2.45, 2.75) is 25.4 Å². The van der Waals surface area contributed by atoms with E-state index in [1.54, 1.807) is 11.3 Å². The maximum absolute atomic E-state index is 13.0. The molecule has 0 radical (unpaired) electrons. The molecule has 3 heterocycles. The molecule has 142 valence electrons. The SMILES string of the molecule is O=C(c1csc(-c2ccccc2)n1)N1CCC(N2CCc3ccccc3C2)C1. The second-order valence-electron chi connectivity index (χ2n) is 7.59. The zero-order valence-corrected chi connectivity index (χ0v) is 16.6. The van der Waals surface area contributed by atoms with E-state index >= 15 is 0 Å². The minimum absolute atomic E-state index is 0.0679. The molecule has 2 aliphatic heterocycles. The molecule has 1 atom stereocenters. The summed E-state index contributed by atoms with van der Waals surface area (Å²) in [5.41, 5.74) is 4.55. The molecule has 3 aromatic rings. The van der Waals surface area contributed by atoms with Crippen molar-refractivity contribution in [2.24, 2.45) is 0 Å². The van der Waals surface area contributed by atoms with E-state index in [1.807, 2.05) is 40.6 Å². The molecule has 2 aliphatic rings. The summed E-state index contributed by atoms with van der Waals surface area (Å²) in [5.74, 6) is 0.0679. The maximum atomic E-state index is 13.0. The Morgan fingerprint density at radius 1 is 1.00 bits per heavy atom. The van der Waals surface area contributed by atoms with Gasteiger partial charge >= 0.3 is 0 Å². The summed E-state index contributed by atoms with van der Waals surface area (Å²) in [6.45, 7) is 3.70. The summed E-state index contributed by atoms with van der Waals surface area (Å²) in [4.78, 5) is 22.1. The molecule has 0 saturated carbocycles. The lowest BCUT2D eigenvalue weighted by atomic mass is 9.98. The van der Waals surface area contributed by atoms with E-state index in [0.29, 0.717) is 11.7 Å². The number of nitrogens with zero attached hydrogens (tertiary/aromatic N) is 3. The third-order valence-electron chi connectivity index (χ3n) is 5.87. The molecule has 5 heteroatoms. The molecule has 1 aromatic heterocycles. The number of carbonyl (C=O) groups is 1. The van der Waals surface area contributed by atoms with Crippen molar-refractivity contribution < 1.29 is 4.79 Å². The first kappa shape index (κ1) is 17.6. The molecule has 0 bridgehead atoms. The molecular formula is C23H23N3OS.